The van der Waals surface area contributed by atoms with Gasteiger partial charge < -0.3 is 9.47 Å². The van der Waals surface area contributed by atoms with E-state index in [4.69, 9.17) is 21.1 Å². The summed E-state index contributed by atoms with van der Waals surface area (Å²) in [6, 6.07) is 6.67. The van der Waals surface area contributed by atoms with Crippen molar-refractivity contribution in [3.05, 3.63) is 45.8 Å². The minimum Gasteiger partial charge on any atom is -0.462 e. The molecule has 26 heavy (non-hydrogen) atoms. The number of anilines is 1. The van der Waals surface area contributed by atoms with Crippen molar-refractivity contribution in [2.24, 2.45) is 0 Å². The van der Waals surface area contributed by atoms with E-state index in [1.807, 2.05) is 0 Å². The van der Waals surface area contributed by atoms with Crippen LogP contribution in [-0.2, 0) is 19.5 Å². The van der Waals surface area contributed by atoms with Gasteiger partial charge in [-0.15, -0.1) is 11.3 Å². The third kappa shape index (κ3) is 4.96. The van der Waals surface area contributed by atoms with Crippen LogP contribution >= 0.6 is 22.9 Å². The van der Waals surface area contributed by atoms with E-state index in [0.29, 0.717) is 4.34 Å². The molecule has 0 aliphatic heterocycles. The Morgan fingerprint density at radius 3 is 2.00 bits per heavy atom. The van der Waals surface area contributed by atoms with Crippen molar-refractivity contribution < 1.29 is 27.5 Å². The molecule has 1 aromatic heterocycles. The Bertz CT molecular complexity index is 886. The quantitative estimate of drug-likeness (QED) is 0.691. The zero-order valence-electron chi connectivity index (χ0n) is 13.9. The number of thiophene rings is 1. The van der Waals surface area contributed by atoms with Crippen LogP contribution in [-0.4, -0.2) is 33.6 Å². The number of rotatable bonds is 7. The van der Waals surface area contributed by atoms with Gasteiger partial charge in [-0.2, -0.15) is 0 Å². The number of sulfonamides is 1. The minimum absolute atomic E-state index is 0.00159. The fraction of sp³-hybridized carbons (Fsp3) is 0.250. The molecule has 0 amide bonds. The summed E-state index contributed by atoms with van der Waals surface area (Å²) >= 11 is 6.66. The van der Waals surface area contributed by atoms with Crippen LogP contribution in [0.25, 0.3) is 0 Å². The van der Waals surface area contributed by atoms with Gasteiger partial charge in [-0.05, 0) is 44.2 Å². The third-order valence-corrected chi connectivity index (χ3v) is 6.13. The number of nitrogens with one attached hydrogen (secondary N) is 1. The first-order valence-electron chi connectivity index (χ1n) is 7.54. The van der Waals surface area contributed by atoms with Gasteiger partial charge in [-0.1, -0.05) is 11.6 Å². The van der Waals surface area contributed by atoms with Crippen molar-refractivity contribution in [1.29, 1.82) is 0 Å². The lowest BCUT2D eigenvalue weighted by Gasteiger charge is -2.11. The van der Waals surface area contributed by atoms with E-state index in [9.17, 15) is 18.0 Å². The summed E-state index contributed by atoms with van der Waals surface area (Å²) in [5.74, 6) is -1.36. The van der Waals surface area contributed by atoms with Crippen LogP contribution in [0.2, 0.25) is 4.34 Å². The second kappa shape index (κ2) is 8.52. The molecule has 0 aliphatic rings. The molecule has 0 spiro atoms. The van der Waals surface area contributed by atoms with Crippen molar-refractivity contribution in [2.75, 3.05) is 17.9 Å². The second-order valence-corrected chi connectivity index (χ2v) is 8.53. The largest absolute Gasteiger partial charge is 0.462 e. The number of hydrogen-bond acceptors (Lipinski definition) is 7. The maximum Gasteiger partial charge on any atom is 0.338 e. The van der Waals surface area contributed by atoms with Gasteiger partial charge in [0.05, 0.1) is 34.4 Å². The molecule has 1 heterocycles. The van der Waals surface area contributed by atoms with E-state index in [1.165, 1.54) is 30.3 Å². The number of ether oxygens (including phenoxy) is 2. The Labute approximate surface area is 159 Å². The van der Waals surface area contributed by atoms with Crippen LogP contribution in [0.4, 0.5) is 5.69 Å². The van der Waals surface area contributed by atoms with Gasteiger partial charge in [-0.3, -0.25) is 4.72 Å². The van der Waals surface area contributed by atoms with Crippen molar-refractivity contribution in [3.63, 3.8) is 0 Å². The molecule has 2 aromatic rings. The van der Waals surface area contributed by atoms with E-state index in [2.05, 4.69) is 4.72 Å². The molecule has 0 radical (unpaired) electrons. The smallest absolute Gasteiger partial charge is 0.338 e. The van der Waals surface area contributed by atoms with Gasteiger partial charge in [0, 0.05) is 0 Å². The third-order valence-electron chi connectivity index (χ3n) is 3.02. The van der Waals surface area contributed by atoms with Gasteiger partial charge in [0.2, 0.25) is 0 Å². The summed E-state index contributed by atoms with van der Waals surface area (Å²) in [4.78, 5) is 24.0. The molecule has 0 bridgehead atoms. The highest BCUT2D eigenvalue weighted by Crippen LogP contribution is 2.28. The molecular weight excluding hydrogens is 402 g/mol. The van der Waals surface area contributed by atoms with E-state index in [1.54, 1.807) is 13.8 Å². The molecule has 1 N–H and O–H groups in total. The highest BCUT2D eigenvalue weighted by Gasteiger charge is 2.20. The highest BCUT2D eigenvalue weighted by molar-refractivity contribution is 7.94. The molecule has 10 heteroatoms. The molecule has 0 unspecified atom stereocenters. The Morgan fingerprint density at radius 1 is 1.04 bits per heavy atom. The van der Waals surface area contributed by atoms with Crippen LogP contribution in [0.1, 0.15) is 34.6 Å². The normalized spacial score (nSPS) is 11.0. The van der Waals surface area contributed by atoms with Crippen molar-refractivity contribution >= 4 is 50.6 Å². The van der Waals surface area contributed by atoms with Gasteiger partial charge in [-0.25, -0.2) is 18.0 Å². The predicted molar refractivity (Wildman–Crippen MR) is 98.5 cm³/mol. The first kappa shape index (κ1) is 20.2. The molecule has 0 saturated heterocycles. The molecule has 1 aromatic carbocycles. The summed E-state index contributed by atoms with van der Waals surface area (Å²) in [5, 5.41) is 0. The first-order chi connectivity index (χ1) is 12.3. The Morgan fingerprint density at radius 2 is 1.58 bits per heavy atom. The van der Waals surface area contributed by atoms with E-state index >= 15 is 0 Å². The number of esters is 2. The number of carbonyl (C=O) groups is 2. The first-order valence-corrected chi connectivity index (χ1v) is 10.2. The lowest BCUT2D eigenvalue weighted by atomic mass is 10.1. The standard InChI is InChI=1S/C16H16ClNO6S2/c1-3-23-15(19)10-7-11(16(20)24-4-2)9-12(8-10)18-26(21,22)14-6-5-13(17)25-14/h5-9,18H,3-4H2,1-2H3. The minimum atomic E-state index is -3.92. The molecule has 0 saturated carbocycles. The summed E-state index contributed by atoms with van der Waals surface area (Å²) in [7, 11) is -3.92. The fourth-order valence-electron chi connectivity index (χ4n) is 2.00. The zero-order chi connectivity index (χ0) is 19.3. The summed E-state index contributed by atoms with van der Waals surface area (Å²) in [6.07, 6.45) is 0. The Hall–Kier alpha value is -2.10. The number of halogens is 1. The van der Waals surface area contributed by atoms with E-state index in [0.717, 1.165) is 11.3 Å². The van der Waals surface area contributed by atoms with Crippen LogP contribution in [0.15, 0.2) is 34.5 Å². The fourth-order valence-corrected chi connectivity index (χ4v) is 4.52. The number of hydrogen-bond donors (Lipinski definition) is 1. The molecule has 2 rings (SSSR count). The van der Waals surface area contributed by atoms with E-state index < -0.39 is 22.0 Å². The van der Waals surface area contributed by atoms with Gasteiger partial charge >= 0.3 is 11.9 Å². The molecule has 0 aliphatic carbocycles. The monoisotopic (exact) mass is 417 g/mol. The maximum absolute atomic E-state index is 12.4. The zero-order valence-corrected chi connectivity index (χ0v) is 16.3. The molecule has 7 nitrogen and oxygen atoms in total. The SMILES string of the molecule is CCOC(=O)c1cc(NS(=O)(=O)c2ccc(Cl)s2)cc(C(=O)OCC)c1. The summed E-state index contributed by atoms with van der Waals surface area (Å²) < 4.78 is 37.3. The Kier molecular flexibility index (Phi) is 6.63. The van der Waals surface area contributed by atoms with Crippen LogP contribution in [0.3, 0.4) is 0 Å². The maximum atomic E-state index is 12.4. The predicted octanol–water partition coefficient (Wildman–Crippen LogP) is 3.56. The van der Waals surface area contributed by atoms with Crippen LogP contribution in [0.5, 0.6) is 0 Å². The molecule has 0 fully saturated rings. The highest BCUT2D eigenvalue weighted by atomic mass is 35.5. The molecule has 140 valence electrons. The van der Waals surface area contributed by atoms with Gasteiger partial charge in [0.15, 0.2) is 0 Å². The number of carbonyl (C=O) groups excluding carboxylic acids is 2. The number of benzene rings is 1. The van der Waals surface area contributed by atoms with E-state index in [-0.39, 0.29) is 34.2 Å². The Balaban J connectivity index is 2.43. The lowest BCUT2D eigenvalue weighted by Crippen LogP contribution is -2.14. The lowest BCUT2D eigenvalue weighted by molar-refractivity contribution is 0.0525. The van der Waals surface area contributed by atoms with Gasteiger partial charge in [0.25, 0.3) is 10.0 Å². The molecule has 0 atom stereocenters. The van der Waals surface area contributed by atoms with Crippen LogP contribution < -0.4 is 4.72 Å². The average Bonchev–Trinajstić information content (AvgIpc) is 3.02. The van der Waals surface area contributed by atoms with Crippen molar-refractivity contribution in [1.82, 2.24) is 0 Å². The summed E-state index contributed by atoms with van der Waals surface area (Å²) in [5.41, 5.74) is 0.0850. The van der Waals surface area contributed by atoms with Gasteiger partial charge in [0.1, 0.15) is 4.21 Å². The van der Waals surface area contributed by atoms with Crippen molar-refractivity contribution in [2.45, 2.75) is 18.1 Å². The topological polar surface area (TPSA) is 98.8 Å². The second-order valence-electron chi connectivity index (χ2n) is 4.90. The average molecular weight is 418 g/mol. The van der Waals surface area contributed by atoms with Crippen molar-refractivity contribution in [3.8, 4) is 0 Å². The molecular formula is C16H16ClNO6S2. The van der Waals surface area contributed by atoms with Crippen LogP contribution in [0, 0.1) is 0 Å². The summed E-state index contributed by atoms with van der Waals surface area (Å²) in [6.45, 7) is 3.54.